The molecule has 0 spiro atoms. The van der Waals surface area contributed by atoms with E-state index in [0.29, 0.717) is 12.3 Å². The molecule has 0 aromatic heterocycles. The van der Waals surface area contributed by atoms with E-state index in [0.717, 1.165) is 7.11 Å². The number of nitrogens with one attached hydrogen (secondary N) is 2. The molecule has 0 fully saturated rings. The van der Waals surface area contributed by atoms with Crippen molar-refractivity contribution < 1.29 is 17.9 Å². The van der Waals surface area contributed by atoms with E-state index in [1.165, 1.54) is 0 Å². The van der Waals surface area contributed by atoms with Gasteiger partial charge < -0.3 is 10.5 Å². The Balaban J connectivity index is 4.37. The highest BCUT2D eigenvalue weighted by molar-refractivity contribution is 7.88. The van der Waals surface area contributed by atoms with Crippen LogP contribution in [0.25, 0.3) is 0 Å². The highest BCUT2D eigenvalue weighted by Crippen LogP contribution is 2.04. The molecule has 0 aliphatic rings. The van der Waals surface area contributed by atoms with Gasteiger partial charge in [0.15, 0.2) is 0 Å². The van der Waals surface area contributed by atoms with E-state index >= 15 is 0 Å². The molecular weight excluding hydrogens is 234 g/mol. The Bertz CT molecular complexity index is 315. The van der Waals surface area contributed by atoms with Crippen molar-refractivity contribution in [3.8, 4) is 0 Å². The molecule has 1 unspecified atom stereocenters. The van der Waals surface area contributed by atoms with Crippen LogP contribution in [0.15, 0.2) is 0 Å². The van der Waals surface area contributed by atoms with E-state index < -0.39 is 22.3 Å². The smallest absolute Gasteiger partial charge is 0.421 e. The molecule has 96 valence electrons. The quantitative estimate of drug-likeness (QED) is 0.594. The molecule has 8 heteroatoms. The predicted octanol–water partition coefficient (Wildman–Crippen LogP) is -0.450. The average molecular weight is 253 g/mol. The van der Waals surface area contributed by atoms with Gasteiger partial charge in [0.2, 0.25) is 0 Å². The first-order valence-corrected chi connectivity index (χ1v) is 6.37. The van der Waals surface area contributed by atoms with Gasteiger partial charge in [-0.25, -0.2) is 9.52 Å². The molecule has 0 radical (unpaired) electrons. The van der Waals surface area contributed by atoms with E-state index in [4.69, 9.17) is 5.73 Å². The van der Waals surface area contributed by atoms with E-state index in [-0.39, 0.29) is 6.54 Å². The Labute approximate surface area is 95.9 Å². The third-order valence-electron chi connectivity index (χ3n) is 1.77. The second-order valence-corrected chi connectivity index (χ2v) is 5.22. The van der Waals surface area contributed by atoms with Crippen LogP contribution in [0.3, 0.4) is 0 Å². The summed E-state index contributed by atoms with van der Waals surface area (Å²) in [6.45, 7) is 4.07. The highest BCUT2D eigenvalue weighted by Gasteiger charge is 2.19. The zero-order valence-corrected chi connectivity index (χ0v) is 10.5. The normalized spacial score (nSPS) is 13.6. The van der Waals surface area contributed by atoms with Crippen LogP contribution in [0.2, 0.25) is 0 Å². The second kappa shape index (κ2) is 6.66. The minimum absolute atomic E-state index is 0.167. The zero-order valence-electron chi connectivity index (χ0n) is 9.69. The summed E-state index contributed by atoms with van der Waals surface area (Å²) in [5.41, 5.74) is 5.42. The van der Waals surface area contributed by atoms with Crippen LogP contribution in [0.5, 0.6) is 0 Å². The van der Waals surface area contributed by atoms with Gasteiger partial charge in [-0.3, -0.25) is 0 Å². The fraction of sp³-hybridized carbons (Fsp3) is 0.875. The molecule has 16 heavy (non-hydrogen) atoms. The first-order valence-electron chi connectivity index (χ1n) is 4.88. The molecule has 0 rings (SSSR count). The third-order valence-corrected chi connectivity index (χ3v) is 2.84. The molecule has 0 aliphatic heterocycles. The first-order chi connectivity index (χ1) is 7.30. The van der Waals surface area contributed by atoms with Crippen molar-refractivity contribution in [1.82, 2.24) is 9.44 Å². The number of methoxy groups -OCH3 is 1. The van der Waals surface area contributed by atoms with Gasteiger partial charge >= 0.3 is 16.3 Å². The van der Waals surface area contributed by atoms with Crippen LogP contribution in [-0.4, -0.2) is 34.2 Å². The molecule has 4 N–H and O–H groups in total. The Kier molecular flexibility index (Phi) is 6.31. The molecule has 0 heterocycles. The standard InChI is InChI=1S/C8H19N3O4S/c1-6(2)4-7(5-9)10-16(13,14)11-8(12)15-3/h6-7,10H,4-5,9H2,1-3H3,(H,11,12). The maximum atomic E-state index is 11.4. The zero-order chi connectivity index (χ0) is 12.8. The third kappa shape index (κ3) is 6.59. The molecule has 0 aromatic rings. The molecule has 1 atom stereocenters. The van der Waals surface area contributed by atoms with Crippen LogP contribution in [-0.2, 0) is 14.9 Å². The number of ether oxygens (including phenoxy) is 1. The monoisotopic (exact) mass is 253 g/mol. The minimum atomic E-state index is -3.90. The molecule has 0 saturated carbocycles. The summed E-state index contributed by atoms with van der Waals surface area (Å²) in [5, 5.41) is 0. The van der Waals surface area contributed by atoms with Gasteiger partial charge in [0.25, 0.3) is 0 Å². The topological polar surface area (TPSA) is 111 Å². The van der Waals surface area contributed by atoms with Crippen molar-refractivity contribution in [2.45, 2.75) is 26.3 Å². The Morgan fingerprint density at radius 3 is 2.38 bits per heavy atom. The summed E-state index contributed by atoms with van der Waals surface area (Å²) >= 11 is 0. The van der Waals surface area contributed by atoms with Gasteiger partial charge in [-0.2, -0.15) is 13.1 Å². The van der Waals surface area contributed by atoms with Gasteiger partial charge in [0, 0.05) is 12.6 Å². The number of amides is 1. The minimum Gasteiger partial charge on any atom is -0.452 e. The number of nitrogens with two attached hydrogens (primary N) is 1. The molecule has 0 bridgehead atoms. The summed E-state index contributed by atoms with van der Waals surface area (Å²) in [4.78, 5) is 10.7. The van der Waals surface area contributed by atoms with Crippen molar-refractivity contribution in [3.63, 3.8) is 0 Å². The second-order valence-electron chi connectivity index (χ2n) is 3.78. The summed E-state index contributed by atoms with van der Waals surface area (Å²) in [5.74, 6) is 0.300. The predicted molar refractivity (Wildman–Crippen MR) is 59.9 cm³/mol. The molecule has 1 amide bonds. The van der Waals surface area contributed by atoms with E-state index in [9.17, 15) is 13.2 Å². The van der Waals surface area contributed by atoms with E-state index in [2.05, 4.69) is 9.46 Å². The number of rotatable bonds is 6. The lowest BCUT2D eigenvalue weighted by atomic mass is 10.1. The van der Waals surface area contributed by atoms with Crippen LogP contribution in [0.1, 0.15) is 20.3 Å². The SMILES string of the molecule is COC(=O)NS(=O)(=O)NC(CN)CC(C)C. The molecular formula is C8H19N3O4S. The van der Waals surface area contributed by atoms with Gasteiger partial charge in [-0.15, -0.1) is 0 Å². The lowest BCUT2D eigenvalue weighted by Gasteiger charge is -2.18. The van der Waals surface area contributed by atoms with Gasteiger partial charge in [-0.1, -0.05) is 13.8 Å². The lowest BCUT2D eigenvalue weighted by molar-refractivity contribution is 0.177. The fourth-order valence-corrected chi connectivity index (χ4v) is 2.15. The van der Waals surface area contributed by atoms with Crippen LogP contribution in [0.4, 0.5) is 4.79 Å². The maximum absolute atomic E-state index is 11.4. The number of hydrogen-bond donors (Lipinski definition) is 3. The summed E-state index contributed by atoms with van der Waals surface area (Å²) in [6, 6.07) is -0.401. The largest absolute Gasteiger partial charge is 0.452 e. The Hall–Kier alpha value is -0.860. The summed E-state index contributed by atoms with van der Waals surface area (Å²) in [6.07, 6.45) is -0.439. The van der Waals surface area contributed by atoms with Crippen molar-refractivity contribution in [3.05, 3.63) is 0 Å². The Morgan fingerprint density at radius 1 is 1.44 bits per heavy atom. The summed E-state index contributed by atoms with van der Waals surface area (Å²) < 4.78 is 30.9. The lowest BCUT2D eigenvalue weighted by Crippen LogP contribution is -2.48. The highest BCUT2D eigenvalue weighted by atomic mass is 32.2. The van der Waals surface area contributed by atoms with E-state index in [1.807, 2.05) is 13.8 Å². The van der Waals surface area contributed by atoms with Crippen molar-refractivity contribution in [2.75, 3.05) is 13.7 Å². The van der Waals surface area contributed by atoms with E-state index in [1.54, 1.807) is 4.72 Å². The fourth-order valence-electron chi connectivity index (χ4n) is 1.16. The van der Waals surface area contributed by atoms with Gasteiger partial charge in [0.1, 0.15) is 0 Å². The van der Waals surface area contributed by atoms with Gasteiger partial charge in [-0.05, 0) is 12.3 Å². The summed E-state index contributed by atoms with van der Waals surface area (Å²) in [7, 11) is -2.82. The van der Waals surface area contributed by atoms with Crippen molar-refractivity contribution in [1.29, 1.82) is 0 Å². The number of carbonyl (C=O) groups excluding carboxylic acids is 1. The van der Waals surface area contributed by atoms with Gasteiger partial charge in [0.05, 0.1) is 7.11 Å². The Morgan fingerprint density at radius 2 is 2.00 bits per heavy atom. The molecule has 0 aliphatic carbocycles. The number of hydrogen-bond acceptors (Lipinski definition) is 5. The van der Waals surface area contributed by atoms with Crippen LogP contribution >= 0.6 is 0 Å². The van der Waals surface area contributed by atoms with Crippen molar-refractivity contribution >= 4 is 16.3 Å². The van der Waals surface area contributed by atoms with Crippen LogP contribution in [0, 0.1) is 5.92 Å². The molecule has 7 nitrogen and oxygen atoms in total. The maximum Gasteiger partial charge on any atom is 0.421 e. The van der Waals surface area contributed by atoms with Crippen molar-refractivity contribution in [2.24, 2.45) is 11.7 Å². The van der Waals surface area contributed by atoms with Crippen LogP contribution < -0.4 is 15.2 Å². The average Bonchev–Trinajstić information content (AvgIpc) is 2.14. The molecule has 0 saturated heterocycles. The number of carbonyl (C=O) groups is 1. The first kappa shape index (κ1) is 15.1. The molecule has 0 aromatic carbocycles.